The number of hydrogen-bond acceptors (Lipinski definition) is 3. The van der Waals surface area contributed by atoms with E-state index in [1.807, 2.05) is 6.20 Å². The van der Waals surface area contributed by atoms with E-state index in [9.17, 15) is 0 Å². The highest BCUT2D eigenvalue weighted by Crippen LogP contribution is 2.28. The summed E-state index contributed by atoms with van der Waals surface area (Å²) in [4.78, 5) is 9.53. The first-order valence-electron chi connectivity index (χ1n) is 9.17. The van der Waals surface area contributed by atoms with Crippen LogP contribution in [0.25, 0.3) is 21.9 Å². The molecule has 4 heteroatoms. The van der Waals surface area contributed by atoms with E-state index in [2.05, 4.69) is 40.7 Å². The van der Waals surface area contributed by atoms with E-state index in [-0.39, 0.29) is 0 Å². The normalized spacial score (nSPS) is 16.2. The Hall–Kier alpha value is -1.94. The van der Waals surface area contributed by atoms with Gasteiger partial charge in [-0.15, -0.1) is 0 Å². The average Bonchev–Trinajstić information content (AvgIpc) is 2.99. The van der Waals surface area contributed by atoms with Gasteiger partial charge in [-0.1, -0.05) is 31.5 Å². The summed E-state index contributed by atoms with van der Waals surface area (Å²) >= 11 is 0. The van der Waals surface area contributed by atoms with Crippen LogP contribution in [0, 0.1) is 5.92 Å². The number of nitrogens with zero attached hydrogens (tertiary/aromatic N) is 3. The van der Waals surface area contributed by atoms with Crippen LogP contribution in [-0.4, -0.2) is 27.7 Å². The molecule has 0 bridgehead atoms. The second kappa shape index (κ2) is 6.89. The lowest BCUT2D eigenvalue weighted by atomic mass is 10.00. The Morgan fingerprint density at radius 3 is 2.83 bits per heavy atom. The Bertz CT molecular complexity index is 833. The molecule has 126 valence electrons. The second-order valence-corrected chi connectivity index (χ2v) is 6.81. The van der Waals surface area contributed by atoms with Crippen molar-refractivity contribution in [3.05, 3.63) is 36.3 Å². The summed E-state index contributed by atoms with van der Waals surface area (Å²) in [5, 5.41) is 1.22. The molecule has 1 saturated heterocycles. The van der Waals surface area contributed by atoms with Crippen molar-refractivity contribution in [2.45, 2.75) is 45.6 Å². The van der Waals surface area contributed by atoms with Crippen molar-refractivity contribution in [2.24, 2.45) is 5.92 Å². The molecule has 0 N–H and O–H groups in total. The number of fused-ring (bicyclic) bond motifs is 3. The van der Waals surface area contributed by atoms with Crippen LogP contribution in [0.1, 0.15) is 38.4 Å². The van der Waals surface area contributed by atoms with E-state index in [0.717, 1.165) is 50.1 Å². The van der Waals surface area contributed by atoms with Crippen molar-refractivity contribution in [2.75, 3.05) is 13.2 Å². The van der Waals surface area contributed by atoms with Crippen LogP contribution in [-0.2, 0) is 17.7 Å². The molecule has 1 fully saturated rings. The number of ether oxygens (including phenoxy) is 1. The van der Waals surface area contributed by atoms with Gasteiger partial charge in [0, 0.05) is 31.6 Å². The molecule has 0 spiro atoms. The van der Waals surface area contributed by atoms with Crippen molar-refractivity contribution < 1.29 is 4.74 Å². The first kappa shape index (κ1) is 15.6. The molecular formula is C20H25N3O. The molecule has 2 aromatic heterocycles. The van der Waals surface area contributed by atoms with Crippen molar-refractivity contribution in [1.29, 1.82) is 0 Å². The maximum Gasteiger partial charge on any atom is 0.109 e. The van der Waals surface area contributed by atoms with Gasteiger partial charge in [-0.3, -0.25) is 4.98 Å². The minimum atomic E-state index is 0.684. The third kappa shape index (κ3) is 2.91. The van der Waals surface area contributed by atoms with Crippen LogP contribution in [0.5, 0.6) is 0 Å². The third-order valence-corrected chi connectivity index (χ3v) is 5.09. The monoisotopic (exact) mass is 323 g/mol. The molecule has 1 aliphatic heterocycles. The minimum Gasteiger partial charge on any atom is -0.381 e. The van der Waals surface area contributed by atoms with Gasteiger partial charge in [-0.25, -0.2) is 4.98 Å². The van der Waals surface area contributed by atoms with Crippen LogP contribution in [0.2, 0.25) is 0 Å². The van der Waals surface area contributed by atoms with Crippen LogP contribution < -0.4 is 0 Å². The fraction of sp³-hybridized carbons (Fsp3) is 0.500. The van der Waals surface area contributed by atoms with Crippen molar-refractivity contribution in [3.63, 3.8) is 0 Å². The van der Waals surface area contributed by atoms with E-state index in [1.54, 1.807) is 0 Å². The topological polar surface area (TPSA) is 39.9 Å². The summed E-state index contributed by atoms with van der Waals surface area (Å²) in [6.45, 7) is 5.07. The van der Waals surface area contributed by atoms with Crippen molar-refractivity contribution in [3.8, 4) is 0 Å². The second-order valence-electron chi connectivity index (χ2n) is 6.81. The first-order chi connectivity index (χ1) is 11.9. The van der Waals surface area contributed by atoms with Crippen LogP contribution >= 0.6 is 0 Å². The summed E-state index contributed by atoms with van der Waals surface area (Å²) in [5.74, 6) is 1.90. The fourth-order valence-electron chi connectivity index (χ4n) is 3.72. The van der Waals surface area contributed by atoms with E-state index in [0.29, 0.717) is 5.92 Å². The first-order valence-corrected chi connectivity index (χ1v) is 9.17. The lowest BCUT2D eigenvalue weighted by Crippen LogP contribution is -2.21. The zero-order valence-corrected chi connectivity index (χ0v) is 14.4. The zero-order chi connectivity index (χ0) is 16.4. The number of unbranched alkanes of at least 4 members (excludes halogenated alkanes) is 1. The summed E-state index contributed by atoms with van der Waals surface area (Å²) < 4.78 is 8.01. The molecule has 3 heterocycles. The molecule has 0 atom stereocenters. The lowest BCUT2D eigenvalue weighted by Gasteiger charge is -2.23. The third-order valence-electron chi connectivity index (χ3n) is 5.09. The molecule has 4 nitrogen and oxygen atoms in total. The predicted molar refractivity (Wildman–Crippen MR) is 97.2 cm³/mol. The summed E-state index contributed by atoms with van der Waals surface area (Å²) in [7, 11) is 0. The number of aryl methyl sites for hydroxylation is 1. The Morgan fingerprint density at radius 1 is 1.17 bits per heavy atom. The van der Waals surface area contributed by atoms with E-state index >= 15 is 0 Å². The van der Waals surface area contributed by atoms with E-state index < -0.39 is 0 Å². The molecule has 4 rings (SSSR count). The summed E-state index contributed by atoms with van der Waals surface area (Å²) in [6.07, 6.45) is 7.66. The number of para-hydroxylation sites is 1. The quantitative estimate of drug-likeness (QED) is 0.700. The molecular weight excluding hydrogens is 298 g/mol. The molecule has 24 heavy (non-hydrogen) atoms. The highest BCUT2D eigenvalue weighted by molar-refractivity contribution is 6.02. The Morgan fingerprint density at radius 2 is 2.00 bits per heavy atom. The predicted octanol–water partition coefficient (Wildman–Crippen LogP) is 4.35. The maximum atomic E-state index is 5.54. The fourth-order valence-corrected chi connectivity index (χ4v) is 3.72. The van der Waals surface area contributed by atoms with Gasteiger partial charge in [0.1, 0.15) is 11.3 Å². The molecule has 0 saturated carbocycles. The largest absolute Gasteiger partial charge is 0.381 e. The summed E-state index contributed by atoms with van der Waals surface area (Å²) in [5.41, 5.74) is 3.35. The van der Waals surface area contributed by atoms with Gasteiger partial charge in [-0.05, 0) is 31.2 Å². The van der Waals surface area contributed by atoms with Crippen LogP contribution in [0.4, 0.5) is 0 Å². The number of pyridine rings is 1. The SMILES string of the molecule is CCCCc1nc2cnc3ccccc3c2n1CC1CCOCC1. The van der Waals surface area contributed by atoms with E-state index in [4.69, 9.17) is 9.72 Å². The standard InChI is InChI=1S/C20H25N3O/c1-2-3-8-19-22-18-13-21-17-7-5-4-6-16(17)20(18)23(19)14-15-9-11-24-12-10-15/h4-7,13,15H,2-3,8-12,14H2,1H3. The lowest BCUT2D eigenvalue weighted by molar-refractivity contribution is 0.0613. The smallest absolute Gasteiger partial charge is 0.109 e. The minimum absolute atomic E-state index is 0.684. The van der Waals surface area contributed by atoms with Gasteiger partial charge in [0.05, 0.1) is 17.2 Å². The Labute approximate surface area is 142 Å². The summed E-state index contributed by atoms with van der Waals surface area (Å²) in [6, 6.07) is 8.42. The Kier molecular flexibility index (Phi) is 4.48. The number of hydrogen-bond donors (Lipinski definition) is 0. The molecule has 0 unspecified atom stereocenters. The number of benzene rings is 1. The van der Waals surface area contributed by atoms with E-state index in [1.165, 1.54) is 29.6 Å². The van der Waals surface area contributed by atoms with Gasteiger partial charge >= 0.3 is 0 Å². The zero-order valence-electron chi connectivity index (χ0n) is 14.4. The van der Waals surface area contributed by atoms with Gasteiger partial charge in [0.15, 0.2) is 0 Å². The molecule has 1 aliphatic rings. The highest BCUT2D eigenvalue weighted by Gasteiger charge is 2.19. The van der Waals surface area contributed by atoms with Gasteiger partial charge in [0.2, 0.25) is 0 Å². The van der Waals surface area contributed by atoms with Gasteiger partial charge in [-0.2, -0.15) is 0 Å². The molecule has 1 aromatic carbocycles. The van der Waals surface area contributed by atoms with Crippen LogP contribution in [0.15, 0.2) is 30.5 Å². The highest BCUT2D eigenvalue weighted by atomic mass is 16.5. The maximum absolute atomic E-state index is 5.54. The molecule has 0 aliphatic carbocycles. The van der Waals surface area contributed by atoms with Crippen molar-refractivity contribution >= 4 is 21.9 Å². The molecule has 0 radical (unpaired) electrons. The number of aromatic nitrogens is 3. The van der Waals surface area contributed by atoms with Crippen LogP contribution in [0.3, 0.4) is 0 Å². The average molecular weight is 323 g/mol. The number of imidazole rings is 1. The van der Waals surface area contributed by atoms with Crippen molar-refractivity contribution in [1.82, 2.24) is 14.5 Å². The molecule has 3 aromatic rings. The number of rotatable bonds is 5. The Balaban J connectivity index is 1.83. The molecule has 0 amide bonds. The van der Waals surface area contributed by atoms with Gasteiger partial charge < -0.3 is 9.30 Å². The van der Waals surface area contributed by atoms with Gasteiger partial charge in [0.25, 0.3) is 0 Å².